The van der Waals surface area contributed by atoms with E-state index in [-0.39, 0.29) is 0 Å². The lowest BCUT2D eigenvalue weighted by Gasteiger charge is -2.16. The van der Waals surface area contributed by atoms with E-state index in [0.29, 0.717) is 23.8 Å². The number of ether oxygens (including phenoxy) is 3. The van der Waals surface area contributed by atoms with Gasteiger partial charge in [0, 0.05) is 39.5 Å². The molecule has 0 unspecified atom stereocenters. The van der Waals surface area contributed by atoms with E-state index in [1.54, 1.807) is 28.4 Å². The van der Waals surface area contributed by atoms with Crippen LogP contribution in [0.3, 0.4) is 0 Å². The molecule has 2 heterocycles. The monoisotopic (exact) mass is 430 g/mol. The molecule has 2 N–H and O–H groups in total. The molecule has 1 aromatic heterocycles. The molecule has 0 radical (unpaired) electrons. The fourth-order valence-electron chi connectivity index (χ4n) is 3.83. The second-order valence-corrected chi connectivity index (χ2v) is 7.48. The molecule has 0 atom stereocenters. The van der Waals surface area contributed by atoms with Crippen molar-refractivity contribution in [3.05, 3.63) is 29.3 Å². The summed E-state index contributed by atoms with van der Waals surface area (Å²) in [7, 11) is 6.59. The quantitative estimate of drug-likeness (QED) is 0.358. The lowest BCUT2D eigenvalue weighted by Crippen LogP contribution is -2.37. The van der Waals surface area contributed by atoms with Gasteiger partial charge in [-0.3, -0.25) is 4.99 Å². The maximum atomic E-state index is 5.42. The standard InChI is InChI=1S/C22H34N6O3/c1-23-22(25-15-16-13-17(29-2)21(31-4)18(14-16)30-3)24-11-8-10-20-27-26-19-9-6-5-7-12-28(19)20/h13-14H,5-12,15H2,1-4H3,(H2,23,24,25). The zero-order chi connectivity index (χ0) is 22.1. The van der Waals surface area contributed by atoms with Gasteiger partial charge in [-0.2, -0.15) is 0 Å². The molecule has 0 amide bonds. The molecule has 2 aromatic rings. The number of methoxy groups -OCH3 is 3. The topological polar surface area (TPSA) is 94.8 Å². The first-order valence-electron chi connectivity index (χ1n) is 10.8. The largest absolute Gasteiger partial charge is 0.493 e. The Morgan fingerprint density at radius 3 is 2.48 bits per heavy atom. The Morgan fingerprint density at radius 2 is 1.81 bits per heavy atom. The second-order valence-electron chi connectivity index (χ2n) is 7.48. The summed E-state index contributed by atoms with van der Waals surface area (Å²) in [6, 6.07) is 3.86. The molecule has 170 valence electrons. The summed E-state index contributed by atoms with van der Waals surface area (Å²) >= 11 is 0. The summed E-state index contributed by atoms with van der Waals surface area (Å²) < 4.78 is 18.5. The minimum absolute atomic E-state index is 0.577. The Bertz CT molecular complexity index is 855. The van der Waals surface area contributed by atoms with Crippen molar-refractivity contribution in [2.24, 2.45) is 4.99 Å². The van der Waals surface area contributed by atoms with E-state index in [2.05, 4.69) is 30.4 Å². The van der Waals surface area contributed by atoms with Crippen LogP contribution in [0.4, 0.5) is 0 Å². The molecule has 1 aliphatic heterocycles. The number of fused-ring (bicyclic) bond motifs is 1. The van der Waals surface area contributed by atoms with Crippen molar-refractivity contribution in [3.63, 3.8) is 0 Å². The second kappa shape index (κ2) is 11.4. The Hall–Kier alpha value is -2.97. The number of hydrogen-bond donors (Lipinski definition) is 2. The van der Waals surface area contributed by atoms with Crippen LogP contribution in [0.1, 0.15) is 42.9 Å². The molecule has 9 nitrogen and oxygen atoms in total. The van der Waals surface area contributed by atoms with Gasteiger partial charge in [0.25, 0.3) is 0 Å². The number of aryl methyl sites for hydroxylation is 2. The summed E-state index contributed by atoms with van der Waals surface area (Å²) in [6.45, 7) is 2.42. The number of hydrogen-bond acceptors (Lipinski definition) is 6. The van der Waals surface area contributed by atoms with Crippen molar-refractivity contribution in [1.29, 1.82) is 0 Å². The number of nitrogens with zero attached hydrogens (tertiary/aromatic N) is 4. The predicted molar refractivity (Wildman–Crippen MR) is 120 cm³/mol. The maximum Gasteiger partial charge on any atom is 0.203 e. The van der Waals surface area contributed by atoms with E-state index >= 15 is 0 Å². The number of rotatable bonds is 9. The van der Waals surface area contributed by atoms with Gasteiger partial charge in [0.1, 0.15) is 11.6 Å². The summed E-state index contributed by atoms with van der Waals surface area (Å²) in [6.07, 6.45) is 6.62. The molecule has 0 spiro atoms. The minimum atomic E-state index is 0.577. The van der Waals surface area contributed by atoms with Crippen molar-refractivity contribution >= 4 is 5.96 Å². The number of aromatic nitrogens is 3. The first kappa shape index (κ1) is 22.7. The average molecular weight is 431 g/mol. The molecule has 9 heteroatoms. The Labute approximate surface area is 184 Å². The zero-order valence-corrected chi connectivity index (χ0v) is 19.0. The normalized spacial score (nSPS) is 13.9. The third-order valence-corrected chi connectivity index (χ3v) is 5.46. The van der Waals surface area contributed by atoms with E-state index in [1.165, 1.54) is 19.3 Å². The van der Waals surface area contributed by atoms with Gasteiger partial charge in [-0.05, 0) is 37.0 Å². The molecule has 31 heavy (non-hydrogen) atoms. The van der Waals surface area contributed by atoms with Gasteiger partial charge in [-0.25, -0.2) is 0 Å². The number of nitrogens with one attached hydrogen (secondary N) is 2. The highest BCUT2D eigenvalue weighted by Crippen LogP contribution is 2.38. The van der Waals surface area contributed by atoms with Gasteiger partial charge in [-0.15, -0.1) is 10.2 Å². The number of aliphatic imine (C=N–C) groups is 1. The number of benzene rings is 1. The first-order valence-corrected chi connectivity index (χ1v) is 10.8. The highest BCUT2D eigenvalue weighted by Gasteiger charge is 2.15. The van der Waals surface area contributed by atoms with Crippen molar-refractivity contribution < 1.29 is 14.2 Å². The van der Waals surface area contributed by atoms with Gasteiger partial charge in [0.15, 0.2) is 17.5 Å². The molecule has 1 aliphatic rings. The van der Waals surface area contributed by atoms with Gasteiger partial charge in [0.2, 0.25) is 5.75 Å². The predicted octanol–water partition coefficient (Wildman–Crippen LogP) is 2.33. The van der Waals surface area contributed by atoms with E-state index in [9.17, 15) is 0 Å². The van der Waals surface area contributed by atoms with Crippen molar-refractivity contribution in [2.45, 2.75) is 51.6 Å². The van der Waals surface area contributed by atoms with Crippen molar-refractivity contribution in [2.75, 3.05) is 34.9 Å². The molecule has 1 aromatic carbocycles. The van der Waals surface area contributed by atoms with Gasteiger partial charge in [-0.1, -0.05) is 6.42 Å². The molecule has 0 bridgehead atoms. The van der Waals surface area contributed by atoms with Crippen LogP contribution in [0.25, 0.3) is 0 Å². The fraction of sp³-hybridized carbons (Fsp3) is 0.591. The fourth-order valence-corrected chi connectivity index (χ4v) is 3.83. The van der Waals surface area contributed by atoms with Crippen LogP contribution in [-0.2, 0) is 25.9 Å². The maximum absolute atomic E-state index is 5.42. The third kappa shape index (κ3) is 5.80. The zero-order valence-electron chi connectivity index (χ0n) is 19.0. The lowest BCUT2D eigenvalue weighted by molar-refractivity contribution is 0.323. The van der Waals surface area contributed by atoms with Crippen LogP contribution >= 0.6 is 0 Å². The Morgan fingerprint density at radius 1 is 1.03 bits per heavy atom. The highest BCUT2D eigenvalue weighted by atomic mass is 16.5. The summed E-state index contributed by atoms with van der Waals surface area (Å²) in [5.74, 6) is 4.84. The molecule has 0 saturated carbocycles. The van der Waals surface area contributed by atoms with Crippen LogP contribution < -0.4 is 24.8 Å². The number of guanidine groups is 1. The Balaban J connectivity index is 1.49. The highest BCUT2D eigenvalue weighted by molar-refractivity contribution is 5.79. The van der Waals surface area contributed by atoms with Crippen molar-refractivity contribution in [3.8, 4) is 17.2 Å². The Kier molecular flexibility index (Phi) is 8.37. The van der Waals surface area contributed by atoms with E-state index < -0.39 is 0 Å². The summed E-state index contributed by atoms with van der Waals surface area (Å²) in [5.41, 5.74) is 1.00. The van der Waals surface area contributed by atoms with E-state index in [0.717, 1.165) is 55.5 Å². The summed E-state index contributed by atoms with van der Waals surface area (Å²) in [5, 5.41) is 15.5. The van der Waals surface area contributed by atoms with Gasteiger partial charge in [0.05, 0.1) is 21.3 Å². The van der Waals surface area contributed by atoms with Crippen LogP contribution in [0, 0.1) is 0 Å². The molecule has 0 aliphatic carbocycles. The summed E-state index contributed by atoms with van der Waals surface area (Å²) in [4.78, 5) is 4.31. The van der Waals surface area contributed by atoms with Gasteiger partial charge >= 0.3 is 0 Å². The first-order chi connectivity index (χ1) is 15.2. The molecular weight excluding hydrogens is 396 g/mol. The van der Waals surface area contributed by atoms with Crippen molar-refractivity contribution in [1.82, 2.24) is 25.4 Å². The van der Waals surface area contributed by atoms with Crippen LogP contribution in [-0.4, -0.2) is 55.6 Å². The average Bonchev–Trinajstić information content (AvgIpc) is 3.03. The van der Waals surface area contributed by atoms with Gasteiger partial charge < -0.3 is 29.4 Å². The third-order valence-electron chi connectivity index (χ3n) is 5.46. The SMILES string of the molecule is CN=C(NCCCc1nnc2n1CCCCC2)NCc1cc(OC)c(OC)c(OC)c1. The minimum Gasteiger partial charge on any atom is -0.493 e. The van der Waals surface area contributed by atoms with Crippen LogP contribution in [0.15, 0.2) is 17.1 Å². The molecule has 0 fully saturated rings. The smallest absolute Gasteiger partial charge is 0.203 e. The van der Waals surface area contributed by atoms with E-state index in [4.69, 9.17) is 14.2 Å². The van der Waals surface area contributed by atoms with E-state index in [1.807, 2.05) is 12.1 Å². The molecular formula is C22H34N6O3. The molecule has 3 rings (SSSR count). The van der Waals surface area contributed by atoms with Crippen LogP contribution in [0.2, 0.25) is 0 Å². The molecule has 0 saturated heterocycles. The van der Waals surface area contributed by atoms with Crippen LogP contribution in [0.5, 0.6) is 17.2 Å². The lowest BCUT2D eigenvalue weighted by atomic mass is 10.2.